The second-order valence-corrected chi connectivity index (χ2v) is 9.05. The van der Waals surface area contributed by atoms with Gasteiger partial charge in [-0.2, -0.15) is 5.10 Å². The Hall–Kier alpha value is -4.25. The van der Waals surface area contributed by atoms with Crippen molar-refractivity contribution in [3.8, 4) is 34.3 Å². The molecule has 4 aromatic rings. The molecule has 3 heterocycles. The zero-order valence-electron chi connectivity index (χ0n) is 19.9. The van der Waals surface area contributed by atoms with E-state index in [0.717, 1.165) is 5.56 Å². The first kappa shape index (κ1) is 24.4. The highest BCUT2D eigenvalue weighted by atomic mass is 79.9. The topological polar surface area (TPSA) is 120 Å². The van der Waals surface area contributed by atoms with Crippen LogP contribution in [-0.4, -0.2) is 51.8 Å². The SMILES string of the molecule is COc1cc(-c2nccc(-c3cc4n(n3)CCNC4=O)n2)cc(Br)c1OCC(=O)NCc1ccccc1. The predicted octanol–water partition coefficient (Wildman–Crippen LogP) is 3.22. The summed E-state index contributed by atoms with van der Waals surface area (Å²) in [6.07, 6.45) is 1.64. The lowest BCUT2D eigenvalue weighted by molar-refractivity contribution is -0.123. The third kappa shape index (κ3) is 5.46. The molecule has 0 aliphatic carbocycles. The van der Waals surface area contributed by atoms with Crippen LogP contribution in [0.2, 0.25) is 0 Å². The van der Waals surface area contributed by atoms with Crippen molar-refractivity contribution in [3.63, 3.8) is 0 Å². The van der Waals surface area contributed by atoms with Gasteiger partial charge in [-0.3, -0.25) is 14.3 Å². The molecule has 1 aliphatic rings. The molecule has 2 amide bonds. The van der Waals surface area contributed by atoms with Gasteiger partial charge in [0.1, 0.15) is 11.4 Å². The van der Waals surface area contributed by atoms with Crippen LogP contribution < -0.4 is 20.1 Å². The van der Waals surface area contributed by atoms with Gasteiger partial charge in [-0.25, -0.2) is 9.97 Å². The Morgan fingerprint density at radius 3 is 2.78 bits per heavy atom. The number of hydrogen-bond donors (Lipinski definition) is 2. The lowest BCUT2D eigenvalue weighted by Gasteiger charge is -2.14. The van der Waals surface area contributed by atoms with Gasteiger partial charge in [0, 0.05) is 24.8 Å². The molecule has 37 heavy (non-hydrogen) atoms. The normalized spacial score (nSPS) is 12.4. The molecule has 0 saturated heterocycles. The number of carbonyl (C=O) groups excluding carboxylic acids is 2. The van der Waals surface area contributed by atoms with Crippen molar-refractivity contribution in [2.45, 2.75) is 13.1 Å². The van der Waals surface area contributed by atoms with Crippen molar-refractivity contribution in [1.29, 1.82) is 0 Å². The molecule has 11 heteroatoms. The van der Waals surface area contributed by atoms with Crippen LogP contribution in [0.15, 0.2) is 65.3 Å². The average Bonchev–Trinajstić information content (AvgIpc) is 3.37. The van der Waals surface area contributed by atoms with E-state index < -0.39 is 0 Å². The molecule has 188 valence electrons. The highest BCUT2D eigenvalue weighted by Gasteiger charge is 2.21. The fraction of sp³-hybridized carbons (Fsp3) is 0.192. The molecule has 1 aliphatic heterocycles. The number of nitrogens with one attached hydrogen (secondary N) is 2. The number of benzene rings is 2. The summed E-state index contributed by atoms with van der Waals surface area (Å²) in [5.74, 6) is 0.846. The summed E-state index contributed by atoms with van der Waals surface area (Å²) >= 11 is 3.52. The molecule has 10 nitrogen and oxygen atoms in total. The number of ether oxygens (including phenoxy) is 2. The number of hydrogen-bond acceptors (Lipinski definition) is 7. The molecule has 0 radical (unpaired) electrons. The van der Waals surface area contributed by atoms with Crippen LogP contribution in [0.1, 0.15) is 16.1 Å². The van der Waals surface area contributed by atoms with E-state index in [1.54, 1.807) is 35.1 Å². The van der Waals surface area contributed by atoms with Crippen LogP contribution in [0.3, 0.4) is 0 Å². The first-order chi connectivity index (χ1) is 18.0. The highest BCUT2D eigenvalue weighted by Crippen LogP contribution is 2.39. The third-order valence-electron chi connectivity index (χ3n) is 5.71. The molecule has 0 unspecified atom stereocenters. The van der Waals surface area contributed by atoms with Crippen LogP contribution in [0.25, 0.3) is 22.8 Å². The number of rotatable bonds is 8. The third-order valence-corrected chi connectivity index (χ3v) is 6.30. The smallest absolute Gasteiger partial charge is 0.269 e. The van der Waals surface area contributed by atoms with Gasteiger partial charge >= 0.3 is 0 Å². The maximum absolute atomic E-state index is 12.3. The van der Waals surface area contributed by atoms with Crippen LogP contribution in [0, 0.1) is 0 Å². The summed E-state index contributed by atoms with van der Waals surface area (Å²) in [5.41, 5.74) is 3.35. The zero-order valence-corrected chi connectivity index (χ0v) is 21.5. The van der Waals surface area contributed by atoms with Gasteiger partial charge in [-0.1, -0.05) is 30.3 Å². The van der Waals surface area contributed by atoms with E-state index in [0.29, 0.717) is 64.1 Å². The van der Waals surface area contributed by atoms with E-state index in [1.807, 2.05) is 30.3 Å². The van der Waals surface area contributed by atoms with Gasteiger partial charge in [0.2, 0.25) is 0 Å². The molecule has 0 saturated carbocycles. The zero-order chi connectivity index (χ0) is 25.8. The second-order valence-electron chi connectivity index (χ2n) is 8.20. The predicted molar refractivity (Wildman–Crippen MR) is 139 cm³/mol. The molecule has 0 fully saturated rings. The van der Waals surface area contributed by atoms with Crippen LogP contribution in [0.5, 0.6) is 11.5 Å². The Morgan fingerprint density at radius 1 is 1.16 bits per heavy atom. The average molecular weight is 563 g/mol. The minimum Gasteiger partial charge on any atom is -0.493 e. The second kappa shape index (κ2) is 10.8. The van der Waals surface area contributed by atoms with Gasteiger partial charge in [0.25, 0.3) is 11.8 Å². The highest BCUT2D eigenvalue weighted by molar-refractivity contribution is 9.10. The van der Waals surface area contributed by atoms with Crippen molar-refractivity contribution >= 4 is 27.7 Å². The fourth-order valence-electron chi connectivity index (χ4n) is 3.88. The van der Waals surface area contributed by atoms with Crippen molar-refractivity contribution < 1.29 is 19.1 Å². The van der Waals surface area contributed by atoms with Crippen LogP contribution in [-0.2, 0) is 17.9 Å². The van der Waals surface area contributed by atoms with E-state index in [4.69, 9.17) is 9.47 Å². The molecule has 2 aromatic carbocycles. The van der Waals surface area contributed by atoms with Gasteiger partial charge in [0.05, 0.1) is 23.8 Å². The Morgan fingerprint density at radius 2 is 2.00 bits per heavy atom. The summed E-state index contributed by atoms with van der Waals surface area (Å²) < 4.78 is 13.6. The van der Waals surface area contributed by atoms with E-state index in [1.165, 1.54) is 7.11 Å². The van der Waals surface area contributed by atoms with Gasteiger partial charge in [-0.15, -0.1) is 0 Å². The van der Waals surface area contributed by atoms with Crippen molar-refractivity contribution in [2.75, 3.05) is 20.3 Å². The summed E-state index contributed by atoms with van der Waals surface area (Å²) in [4.78, 5) is 33.5. The van der Waals surface area contributed by atoms with Crippen molar-refractivity contribution in [3.05, 3.63) is 76.5 Å². The van der Waals surface area contributed by atoms with E-state index >= 15 is 0 Å². The van der Waals surface area contributed by atoms with Crippen molar-refractivity contribution in [2.24, 2.45) is 0 Å². The van der Waals surface area contributed by atoms with Gasteiger partial charge < -0.3 is 20.1 Å². The molecule has 2 aromatic heterocycles. The van der Waals surface area contributed by atoms with Gasteiger partial charge in [-0.05, 0) is 45.8 Å². The van der Waals surface area contributed by atoms with E-state index in [9.17, 15) is 9.59 Å². The first-order valence-electron chi connectivity index (χ1n) is 11.5. The number of halogens is 1. The summed E-state index contributed by atoms with van der Waals surface area (Å²) in [5, 5.41) is 10.2. The Balaban J connectivity index is 1.32. The number of aromatic nitrogens is 4. The minimum atomic E-state index is -0.255. The number of fused-ring (bicyclic) bond motifs is 1. The first-order valence-corrected chi connectivity index (χ1v) is 12.3. The maximum Gasteiger partial charge on any atom is 0.269 e. The monoisotopic (exact) mass is 562 g/mol. The fourth-order valence-corrected chi connectivity index (χ4v) is 4.43. The van der Waals surface area contributed by atoms with Crippen LogP contribution >= 0.6 is 15.9 Å². The molecule has 0 atom stereocenters. The molecular weight excluding hydrogens is 540 g/mol. The summed E-state index contributed by atoms with van der Waals surface area (Å²) in [7, 11) is 1.52. The quantitative estimate of drug-likeness (QED) is 0.338. The van der Waals surface area contributed by atoms with E-state index in [-0.39, 0.29) is 18.4 Å². The maximum atomic E-state index is 12.3. The molecular formula is C26H23BrN6O4. The number of carbonyl (C=O) groups is 2. The Labute approximate surface area is 221 Å². The number of methoxy groups -OCH3 is 1. The molecule has 5 rings (SSSR count). The number of amides is 2. The minimum absolute atomic E-state index is 0.155. The van der Waals surface area contributed by atoms with E-state index in [2.05, 4.69) is 41.6 Å². The number of nitrogens with zero attached hydrogens (tertiary/aromatic N) is 4. The van der Waals surface area contributed by atoms with Crippen LogP contribution in [0.4, 0.5) is 0 Å². The van der Waals surface area contributed by atoms with Crippen molar-refractivity contribution in [1.82, 2.24) is 30.4 Å². The standard InChI is InChI=1S/C26H23BrN6O4/c1-36-22-12-17(11-18(27)24(22)37-15-23(34)30-14-16-5-3-2-4-6-16)25-28-8-7-19(31-25)20-13-21-26(35)29-9-10-33(21)32-20/h2-8,11-13H,9-10,14-15H2,1H3,(H,29,35)(H,30,34). The van der Waals surface area contributed by atoms with Gasteiger partial charge in [0.15, 0.2) is 23.9 Å². The Bertz CT molecular complexity index is 1460. The molecule has 0 spiro atoms. The lowest BCUT2D eigenvalue weighted by Crippen LogP contribution is -2.35. The molecule has 2 N–H and O–H groups in total. The Kier molecular flexibility index (Phi) is 7.13. The largest absolute Gasteiger partial charge is 0.493 e. The molecule has 0 bridgehead atoms. The summed E-state index contributed by atoms with van der Waals surface area (Å²) in [6, 6.07) is 16.6. The lowest BCUT2D eigenvalue weighted by atomic mass is 10.1. The summed E-state index contributed by atoms with van der Waals surface area (Å²) in [6.45, 7) is 1.39.